The maximum absolute atomic E-state index is 13.5. The predicted molar refractivity (Wildman–Crippen MR) is 144 cm³/mol. The van der Waals surface area contributed by atoms with Crippen molar-refractivity contribution in [1.82, 2.24) is 0 Å². The monoisotopic (exact) mass is 572 g/mol. The molecule has 1 saturated carbocycles. The number of alkyl halides is 6. The smallest absolute Gasteiger partial charge is 0.420 e. The normalized spacial score (nSPS) is 15.1. The maximum atomic E-state index is 13.5. The first-order valence-electron chi connectivity index (χ1n) is 12.9. The van der Waals surface area contributed by atoms with E-state index in [0.29, 0.717) is 0 Å². The van der Waals surface area contributed by atoms with E-state index in [1.54, 1.807) is 24.3 Å². The second-order valence-electron chi connectivity index (χ2n) is 10.0. The van der Waals surface area contributed by atoms with Gasteiger partial charge in [-0.25, -0.2) is 0 Å². The highest BCUT2D eigenvalue weighted by atomic mass is 19.4. The molecule has 1 fully saturated rings. The summed E-state index contributed by atoms with van der Waals surface area (Å²) in [5, 5.41) is 0. The summed E-state index contributed by atoms with van der Waals surface area (Å²) in [6.45, 7) is 0. The van der Waals surface area contributed by atoms with Gasteiger partial charge in [0.1, 0.15) is 34.1 Å². The van der Waals surface area contributed by atoms with Crippen LogP contribution >= 0.6 is 0 Å². The SMILES string of the molecule is Nc1ccc(Oc2ccc(C3(c4ccc(Oc5ccc(N)cc5C(F)(F)F)cc4)CCCC3)cc2)c(C(F)(F)F)c1. The van der Waals surface area contributed by atoms with Gasteiger partial charge in [0.05, 0.1) is 0 Å². The van der Waals surface area contributed by atoms with E-state index in [1.807, 2.05) is 24.3 Å². The van der Waals surface area contributed by atoms with Crippen LogP contribution in [0.1, 0.15) is 47.9 Å². The molecule has 0 bridgehead atoms. The lowest BCUT2D eigenvalue weighted by Crippen LogP contribution is -2.23. The molecule has 1 aliphatic rings. The molecule has 214 valence electrons. The van der Waals surface area contributed by atoms with Gasteiger partial charge in [0.15, 0.2) is 0 Å². The van der Waals surface area contributed by atoms with Crippen molar-refractivity contribution in [2.45, 2.75) is 43.5 Å². The quantitative estimate of drug-likeness (QED) is 0.178. The van der Waals surface area contributed by atoms with Crippen LogP contribution < -0.4 is 20.9 Å². The Morgan fingerprint density at radius 2 is 0.902 bits per heavy atom. The molecule has 0 radical (unpaired) electrons. The minimum atomic E-state index is -4.63. The van der Waals surface area contributed by atoms with Gasteiger partial charge in [-0.3, -0.25) is 0 Å². The van der Waals surface area contributed by atoms with E-state index in [4.69, 9.17) is 20.9 Å². The van der Waals surface area contributed by atoms with Crippen molar-refractivity contribution in [1.29, 1.82) is 0 Å². The number of benzene rings is 4. The number of rotatable bonds is 6. The Balaban J connectivity index is 1.39. The molecule has 0 amide bonds. The van der Waals surface area contributed by atoms with Crippen molar-refractivity contribution >= 4 is 11.4 Å². The highest BCUT2D eigenvalue weighted by Gasteiger charge is 2.38. The highest BCUT2D eigenvalue weighted by molar-refractivity contribution is 5.52. The second-order valence-corrected chi connectivity index (χ2v) is 10.0. The molecule has 4 aromatic rings. The molecule has 0 heterocycles. The lowest BCUT2D eigenvalue weighted by molar-refractivity contribution is -0.139. The van der Waals surface area contributed by atoms with Crippen LogP contribution in [-0.4, -0.2) is 0 Å². The minimum absolute atomic E-state index is 0.0196. The van der Waals surface area contributed by atoms with Gasteiger partial charge in [-0.15, -0.1) is 0 Å². The van der Waals surface area contributed by atoms with Crippen LogP contribution in [0.25, 0.3) is 0 Å². The average molecular weight is 573 g/mol. The lowest BCUT2D eigenvalue weighted by Gasteiger charge is -2.31. The standard InChI is InChI=1S/C31H26F6N2O2/c32-30(33,34)25-17-21(38)7-13-27(25)40-23-9-3-19(4-10-23)29(15-1-2-16-29)20-5-11-24(12-6-20)41-28-14-8-22(39)18-26(28)31(35,36)37/h3-14,17-18H,1-2,15-16,38-39H2. The molecule has 5 rings (SSSR count). The van der Waals surface area contributed by atoms with Crippen LogP contribution in [0.15, 0.2) is 84.9 Å². The van der Waals surface area contributed by atoms with Gasteiger partial charge >= 0.3 is 12.4 Å². The Hall–Kier alpha value is -4.34. The zero-order valence-corrected chi connectivity index (χ0v) is 21.7. The third-order valence-electron chi connectivity index (χ3n) is 7.34. The Morgan fingerprint density at radius 3 is 1.24 bits per heavy atom. The molecule has 41 heavy (non-hydrogen) atoms. The maximum Gasteiger partial charge on any atom is 0.420 e. The second kappa shape index (κ2) is 10.6. The summed E-state index contributed by atoms with van der Waals surface area (Å²) in [4.78, 5) is 0. The predicted octanol–water partition coefficient (Wildman–Crippen LogP) is 9.33. The van der Waals surface area contributed by atoms with Crippen LogP contribution in [0.2, 0.25) is 0 Å². The summed E-state index contributed by atoms with van der Waals surface area (Å²) in [5.74, 6) is -0.212. The fourth-order valence-corrected chi connectivity index (χ4v) is 5.38. The molecular weight excluding hydrogens is 546 g/mol. The fourth-order valence-electron chi connectivity index (χ4n) is 5.38. The number of nitrogens with two attached hydrogens (primary N) is 2. The largest absolute Gasteiger partial charge is 0.457 e. The molecule has 0 saturated heterocycles. The zero-order chi connectivity index (χ0) is 29.4. The third-order valence-corrected chi connectivity index (χ3v) is 7.34. The summed E-state index contributed by atoms with van der Waals surface area (Å²) in [7, 11) is 0. The van der Waals surface area contributed by atoms with E-state index in [1.165, 1.54) is 24.3 Å². The Bertz CT molecular complexity index is 1410. The summed E-state index contributed by atoms with van der Waals surface area (Å²) < 4.78 is 92.0. The van der Waals surface area contributed by atoms with Crippen LogP contribution in [0, 0.1) is 0 Å². The molecule has 0 atom stereocenters. The summed E-state index contributed by atoms with van der Waals surface area (Å²) in [6.07, 6.45) is -5.65. The van der Waals surface area contributed by atoms with Crippen molar-refractivity contribution in [3.63, 3.8) is 0 Å². The minimum Gasteiger partial charge on any atom is -0.457 e. The van der Waals surface area contributed by atoms with Gasteiger partial charge in [0, 0.05) is 16.8 Å². The zero-order valence-electron chi connectivity index (χ0n) is 21.7. The van der Waals surface area contributed by atoms with Crippen molar-refractivity contribution in [2.75, 3.05) is 11.5 Å². The summed E-state index contributed by atoms with van der Waals surface area (Å²) >= 11 is 0. The van der Waals surface area contributed by atoms with Gasteiger partial charge in [0.2, 0.25) is 0 Å². The van der Waals surface area contributed by atoms with Gasteiger partial charge in [0.25, 0.3) is 0 Å². The van der Waals surface area contributed by atoms with Gasteiger partial charge < -0.3 is 20.9 Å². The van der Waals surface area contributed by atoms with Crippen LogP contribution in [0.3, 0.4) is 0 Å². The molecular formula is C31H26F6N2O2. The number of nitrogen functional groups attached to an aromatic ring is 2. The molecule has 10 heteroatoms. The van der Waals surface area contributed by atoms with Crippen LogP contribution in [0.5, 0.6) is 23.0 Å². The fraction of sp³-hybridized carbons (Fsp3) is 0.226. The highest BCUT2D eigenvalue weighted by Crippen LogP contribution is 2.48. The lowest BCUT2D eigenvalue weighted by atomic mass is 9.73. The van der Waals surface area contributed by atoms with Gasteiger partial charge in [-0.1, -0.05) is 37.1 Å². The molecule has 4 aromatic carbocycles. The van der Waals surface area contributed by atoms with Crippen molar-refractivity contribution in [3.8, 4) is 23.0 Å². The Morgan fingerprint density at radius 1 is 0.537 bits per heavy atom. The molecule has 4 nitrogen and oxygen atoms in total. The summed E-state index contributed by atoms with van der Waals surface area (Å²) in [6, 6.07) is 20.6. The van der Waals surface area contributed by atoms with E-state index in [9.17, 15) is 26.3 Å². The van der Waals surface area contributed by atoms with E-state index in [-0.39, 0.29) is 39.8 Å². The summed E-state index contributed by atoms with van der Waals surface area (Å²) in [5.41, 5.74) is 10.7. The van der Waals surface area contributed by atoms with Gasteiger partial charge in [-0.2, -0.15) is 26.3 Å². The molecule has 0 aromatic heterocycles. The molecule has 0 unspecified atom stereocenters. The first kappa shape index (κ1) is 28.2. The van der Waals surface area contributed by atoms with Crippen LogP contribution in [0.4, 0.5) is 37.7 Å². The van der Waals surface area contributed by atoms with Crippen molar-refractivity contribution in [3.05, 3.63) is 107 Å². The van der Waals surface area contributed by atoms with Crippen LogP contribution in [-0.2, 0) is 17.8 Å². The number of ether oxygens (including phenoxy) is 2. The van der Waals surface area contributed by atoms with Crippen molar-refractivity contribution in [2.24, 2.45) is 0 Å². The first-order valence-corrected chi connectivity index (χ1v) is 12.9. The van der Waals surface area contributed by atoms with E-state index in [2.05, 4.69) is 0 Å². The third kappa shape index (κ3) is 5.91. The first-order chi connectivity index (χ1) is 19.3. The number of hydrogen-bond donors (Lipinski definition) is 2. The van der Waals surface area contributed by atoms with Crippen molar-refractivity contribution < 1.29 is 35.8 Å². The number of hydrogen-bond acceptors (Lipinski definition) is 4. The number of anilines is 2. The Kier molecular flexibility index (Phi) is 7.27. The molecule has 0 spiro atoms. The Labute approximate surface area is 232 Å². The van der Waals surface area contributed by atoms with E-state index in [0.717, 1.165) is 48.9 Å². The molecule has 0 aliphatic heterocycles. The average Bonchev–Trinajstić information content (AvgIpc) is 3.42. The molecule has 1 aliphatic carbocycles. The topological polar surface area (TPSA) is 70.5 Å². The molecule has 4 N–H and O–H groups in total. The van der Waals surface area contributed by atoms with Gasteiger partial charge in [-0.05, 0) is 84.6 Å². The van der Waals surface area contributed by atoms with E-state index < -0.39 is 23.5 Å². The van der Waals surface area contributed by atoms with E-state index >= 15 is 0 Å². The number of halogens is 6.